The van der Waals surface area contributed by atoms with Crippen LogP contribution in [0.5, 0.6) is 0 Å². The molecule has 3 aromatic rings. The summed E-state index contributed by atoms with van der Waals surface area (Å²) in [7, 11) is 0. The van der Waals surface area contributed by atoms with E-state index in [1.54, 1.807) is 30.6 Å². The highest BCUT2D eigenvalue weighted by atomic mass is 19.1. The molecule has 1 aromatic carbocycles. The van der Waals surface area contributed by atoms with Gasteiger partial charge >= 0.3 is 0 Å². The zero-order chi connectivity index (χ0) is 14.8. The molecule has 0 aliphatic carbocycles. The summed E-state index contributed by atoms with van der Waals surface area (Å²) in [6.07, 6.45) is 3.10. The largest absolute Gasteiger partial charge is 0.368 e. The van der Waals surface area contributed by atoms with Gasteiger partial charge in [0.25, 0.3) is 0 Å². The molecule has 6 nitrogen and oxygen atoms in total. The topological polar surface area (TPSA) is 104 Å². The number of nitrogen functional groups attached to an aromatic ring is 2. The lowest BCUT2D eigenvalue weighted by atomic mass is 10.0. The van der Waals surface area contributed by atoms with Gasteiger partial charge in [-0.2, -0.15) is 0 Å². The van der Waals surface area contributed by atoms with E-state index < -0.39 is 0 Å². The molecule has 0 aliphatic heterocycles. The number of nitrogens with zero attached hydrogens (tertiary/aromatic N) is 4. The molecule has 0 saturated carbocycles. The van der Waals surface area contributed by atoms with Gasteiger partial charge in [0.2, 0.25) is 11.9 Å². The van der Waals surface area contributed by atoms with Crippen molar-refractivity contribution in [1.82, 2.24) is 19.9 Å². The molecule has 2 aromatic heterocycles. The maximum Gasteiger partial charge on any atom is 0.220 e. The number of nitrogens with two attached hydrogens (primary N) is 2. The van der Waals surface area contributed by atoms with E-state index in [-0.39, 0.29) is 17.7 Å². The molecule has 4 N–H and O–H groups in total. The van der Waals surface area contributed by atoms with Crippen LogP contribution in [0.4, 0.5) is 16.3 Å². The van der Waals surface area contributed by atoms with Gasteiger partial charge in [-0.25, -0.2) is 24.3 Å². The normalized spacial score (nSPS) is 10.5. The molecule has 0 fully saturated rings. The lowest BCUT2D eigenvalue weighted by Crippen LogP contribution is -2.01. The first kappa shape index (κ1) is 12.9. The summed E-state index contributed by atoms with van der Waals surface area (Å²) in [6, 6.07) is 7.63. The average Bonchev–Trinajstić information content (AvgIpc) is 2.48. The Hall–Kier alpha value is -3.09. The quantitative estimate of drug-likeness (QED) is 0.744. The van der Waals surface area contributed by atoms with Crippen LogP contribution in [0.3, 0.4) is 0 Å². The molecule has 3 rings (SSSR count). The van der Waals surface area contributed by atoms with Crippen LogP contribution in [-0.2, 0) is 0 Å². The van der Waals surface area contributed by atoms with Crippen molar-refractivity contribution in [2.45, 2.75) is 0 Å². The Labute approximate surface area is 119 Å². The minimum absolute atomic E-state index is 0.125. The highest BCUT2D eigenvalue weighted by molar-refractivity contribution is 5.79. The van der Waals surface area contributed by atoms with Gasteiger partial charge in [-0.1, -0.05) is 0 Å². The smallest absolute Gasteiger partial charge is 0.220 e. The second-order valence-corrected chi connectivity index (χ2v) is 4.30. The second kappa shape index (κ2) is 5.12. The van der Waals surface area contributed by atoms with Gasteiger partial charge in [-0.15, -0.1) is 0 Å². The molecule has 0 unspecified atom stereocenters. The molecule has 0 bridgehead atoms. The first-order valence-electron chi connectivity index (χ1n) is 6.11. The summed E-state index contributed by atoms with van der Waals surface area (Å²) in [6.45, 7) is 0. The predicted molar refractivity (Wildman–Crippen MR) is 77.3 cm³/mol. The monoisotopic (exact) mass is 282 g/mol. The van der Waals surface area contributed by atoms with Crippen molar-refractivity contribution in [1.29, 1.82) is 0 Å². The van der Waals surface area contributed by atoms with Gasteiger partial charge in [0, 0.05) is 23.5 Å². The van der Waals surface area contributed by atoms with Crippen LogP contribution < -0.4 is 11.5 Å². The maximum absolute atomic E-state index is 13.1. The maximum atomic E-state index is 13.1. The minimum Gasteiger partial charge on any atom is -0.368 e. The van der Waals surface area contributed by atoms with Gasteiger partial charge in [0.05, 0.1) is 11.4 Å². The van der Waals surface area contributed by atoms with E-state index in [0.717, 1.165) is 0 Å². The lowest BCUT2D eigenvalue weighted by Gasteiger charge is -2.09. The van der Waals surface area contributed by atoms with Crippen LogP contribution >= 0.6 is 0 Å². The number of anilines is 2. The highest BCUT2D eigenvalue weighted by Crippen LogP contribution is 2.29. The molecule has 7 heteroatoms. The average molecular weight is 282 g/mol. The first-order chi connectivity index (χ1) is 10.1. The Kier molecular flexibility index (Phi) is 3.15. The van der Waals surface area contributed by atoms with Crippen molar-refractivity contribution >= 4 is 11.9 Å². The molecule has 0 atom stereocenters. The molecule has 0 aliphatic rings. The van der Waals surface area contributed by atoms with Gasteiger partial charge in [-0.05, 0) is 30.3 Å². The number of hydrogen-bond donors (Lipinski definition) is 2. The summed E-state index contributed by atoms with van der Waals surface area (Å²) in [5.74, 6) is -0.0527. The number of benzene rings is 1. The summed E-state index contributed by atoms with van der Waals surface area (Å²) < 4.78 is 13.1. The van der Waals surface area contributed by atoms with Crippen molar-refractivity contribution in [3.63, 3.8) is 0 Å². The molecular weight excluding hydrogens is 271 g/mol. The zero-order valence-corrected chi connectivity index (χ0v) is 10.9. The van der Waals surface area contributed by atoms with Gasteiger partial charge in [0.1, 0.15) is 5.82 Å². The van der Waals surface area contributed by atoms with Crippen LogP contribution in [0.1, 0.15) is 0 Å². The van der Waals surface area contributed by atoms with E-state index in [2.05, 4.69) is 19.9 Å². The number of halogens is 1. The fourth-order valence-corrected chi connectivity index (χ4v) is 1.93. The van der Waals surface area contributed by atoms with Gasteiger partial charge < -0.3 is 11.5 Å². The third kappa shape index (κ3) is 2.62. The molecular formula is C14H11FN6. The van der Waals surface area contributed by atoms with E-state index in [1.165, 1.54) is 12.1 Å². The van der Waals surface area contributed by atoms with Crippen LogP contribution in [0.15, 0.2) is 42.7 Å². The van der Waals surface area contributed by atoms with Crippen molar-refractivity contribution in [2.24, 2.45) is 0 Å². The Morgan fingerprint density at radius 3 is 2.29 bits per heavy atom. The van der Waals surface area contributed by atoms with Crippen molar-refractivity contribution in [3.8, 4) is 22.5 Å². The van der Waals surface area contributed by atoms with Crippen molar-refractivity contribution in [3.05, 3.63) is 48.5 Å². The molecule has 0 saturated heterocycles. The molecule has 104 valence electrons. The van der Waals surface area contributed by atoms with Crippen LogP contribution in [0, 0.1) is 5.82 Å². The molecule has 0 spiro atoms. The third-order valence-electron chi connectivity index (χ3n) is 2.88. The minimum atomic E-state index is -0.325. The first-order valence-corrected chi connectivity index (χ1v) is 6.11. The fourth-order valence-electron chi connectivity index (χ4n) is 1.93. The summed E-state index contributed by atoms with van der Waals surface area (Å²) in [5.41, 5.74) is 13.7. The van der Waals surface area contributed by atoms with Crippen molar-refractivity contribution < 1.29 is 4.39 Å². The van der Waals surface area contributed by atoms with E-state index in [4.69, 9.17) is 11.5 Å². The molecule has 0 radical (unpaired) electrons. The van der Waals surface area contributed by atoms with Crippen molar-refractivity contribution in [2.75, 3.05) is 11.5 Å². The van der Waals surface area contributed by atoms with E-state index in [1.807, 2.05) is 0 Å². The summed E-state index contributed by atoms with van der Waals surface area (Å²) in [4.78, 5) is 16.2. The Bertz CT molecular complexity index is 788. The third-order valence-corrected chi connectivity index (χ3v) is 2.88. The Morgan fingerprint density at radius 1 is 0.857 bits per heavy atom. The molecule has 2 heterocycles. The summed E-state index contributed by atoms with van der Waals surface area (Å²) in [5, 5.41) is 0. The van der Waals surface area contributed by atoms with E-state index in [0.29, 0.717) is 22.5 Å². The van der Waals surface area contributed by atoms with Crippen LogP contribution in [0.25, 0.3) is 22.5 Å². The summed E-state index contributed by atoms with van der Waals surface area (Å²) >= 11 is 0. The predicted octanol–water partition coefficient (Wildman–Crippen LogP) is 1.90. The van der Waals surface area contributed by atoms with Gasteiger partial charge in [-0.3, -0.25) is 0 Å². The Balaban J connectivity index is 2.20. The van der Waals surface area contributed by atoms with Gasteiger partial charge in [0.15, 0.2) is 0 Å². The lowest BCUT2D eigenvalue weighted by molar-refractivity contribution is 0.628. The molecule has 21 heavy (non-hydrogen) atoms. The zero-order valence-electron chi connectivity index (χ0n) is 10.9. The number of hydrogen-bond acceptors (Lipinski definition) is 6. The molecule has 0 amide bonds. The number of rotatable bonds is 2. The number of aromatic nitrogens is 4. The standard InChI is InChI=1S/C14H11FN6/c15-9-3-1-8(2-4-9)12-10(7-19-14(17)21-12)11-5-6-18-13(16)20-11/h1-7H,(H2,16,18,20)(H2,17,19,21). The van der Waals surface area contributed by atoms with Crippen LogP contribution in [-0.4, -0.2) is 19.9 Å². The van der Waals surface area contributed by atoms with Crippen LogP contribution in [0.2, 0.25) is 0 Å². The SMILES string of the molecule is Nc1nccc(-c2cnc(N)nc2-c2ccc(F)cc2)n1. The van der Waals surface area contributed by atoms with E-state index >= 15 is 0 Å². The Morgan fingerprint density at radius 2 is 1.57 bits per heavy atom. The second-order valence-electron chi connectivity index (χ2n) is 4.30. The van der Waals surface area contributed by atoms with E-state index in [9.17, 15) is 4.39 Å². The highest BCUT2D eigenvalue weighted by Gasteiger charge is 2.12. The fraction of sp³-hybridized carbons (Fsp3) is 0.